The van der Waals surface area contributed by atoms with Gasteiger partial charge in [0.05, 0.1) is 18.5 Å². The molecule has 0 aliphatic carbocycles. The smallest absolute Gasteiger partial charge is 0.143 e. The zero-order valence-electron chi connectivity index (χ0n) is 28.1. The Labute approximate surface area is 299 Å². The molecular formula is C47H33N3O2. The lowest BCUT2D eigenvalue weighted by atomic mass is 9.95. The summed E-state index contributed by atoms with van der Waals surface area (Å²) in [5.41, 5.74) is 9.06. The van der Waals surface area contributed by atoms with Crippen LogP contribution in [0.1, 0.15) is 35.2 Å². The first-order chi connectivity index (χ1) is 25.7. The van der Waals surface area contributed by atoms with E-state index in [-0.39, 0.29) is 18.5 Å². The summed E-state index contributed by atoms with van der Waals surface area (Å²) in [7, 11) is 0. The van der Waals surface area contributed by atoms with E-state index in [2.05, 4.69) is 162 Å². The molecule has 2 aromatic heterocycles. The van der Waals surface area contributed by atoms with Crippen LogP contribution in [0, 0.1) is 0 Å². The fraction of sp³-hybridized carbons (Fsp3) is 0.0638. The Hall–Kier alpha value is -6.24. The van der Waals surface area contributed by atoms with Crippen molar-refractivity contribution >= 4 is 65.4 Å². The molecule has 52 heavy (non-hydrogen) atoms. The Bertz CT molecular complexity index is 2910. The van der Waals surface area contributed by atoms with Crippen molar-refractivity contribution in [2.24, 2.45) is 0 Å². The van der Waals surface area contributed by atoms with E-state index in [1.165, 1.54) is 32.7 Å². The molecule has 0 radical (unpaired) electrons. The molecule has 248 valence electrons. The summed E-state index contributed by atoms with van der Waals surface area (Å²) < 4.78 is 13.1. The molecule has 0 bridgehead atoms. The van der Waals surface area contributed by atoms with E-state index in [9.17, 15) is 0 Å². The topological polar surface area (TPSA) is 62.4 Å². The van der Waals surface area contributed by atoms with Crippen LogP contribution in [0.15, 0.2) is 173 Å². The van der Waals surface area contributed by atoms with Crippen molar-refractivity contribution in [3.63, 3.8) is 0 Å². The van der Waals surface area contributed by atoms with Gasteiger partial charge in [-0.3, -0.25) is 16.0 Å². The van der Waals surface area contributed by atoms with Crippen LogP contribution in [-0.4, -0.2) is 0 Å². The van der Waals surface area contributed by atoms with Gasteiger partial charge in [-0.05, 0) is 80.2 Å². The van der Waals surface area contributed by atoms with Crippen LogP contribution in [0.5, 0.6) is 0 Å². The number of benzene rings is 8. The van der Waals surface area contributed by atoms with Gasteiger partial charge in [0.1, 0.15) is 22.3 Å². The minimum Gasteiger partial charge on any atom is -0.456 e. The van der Waals surface area contributed by atoms with Gasteiger partial charge in [0.25, 0.3) is 0 Å². The lowest BCUT2D eigenvalue weighted by Crippen LogP contribution is -2.54. The molecule has 5 nitrogen and oxygen atoms in total. The first-order valence-electron chi connectivity index (χ1n) is 17.8. The van der Waals surface area contributed by atoms with Crippen molar-refractivity contribution in [1.29, 1.82) is 0 Å². The van der Waals surface area contributed by atoms with Crippen molar-refractivity contribution in [1.82, 2.24) is 16.0 Å². The maximum absolute atomic E-state index is 6.76. The zero-order chi connectivity index (χ0) is 34.2. The maximum Gasteiger partial charge on any atom is 0.143 e. The average molecular weight is 672 g/mol. The number of para-hydroxylation sites is 2. The second kappa shape index (κ2) is 11.7. The van der Waals surface area contributed by atoms with Crippen LogP contribution >= 0.6 is 0 Å². The molecule has 0 amide bonds. The van der Waals surface area contributed by atoms with E-state index < -0.39 is 0 Å². The third-order valence-electron chi connectivity index (χ3n) is 10.8. The first-order valence-corrected chi connectivity index (χ1v) is 17.8. The lowest BCUT2D eigenvalue weighted by molar-refractivity contribution is 0.204. The molecular weight excluding hydrogens is 639 g/mol. The van der Waals surface area contributed by atoms with Crippen LogP contribution in [0.3, 0.4) is 0 Å². The largest absolute Gasteiger partial charge is 0.456 e. The van der Waals surface area contributed by atoms with Crippen molar-refractivity contribution in [3.8, 4) is 11.1 Å². The van der Waals surface area contributed by atoms with Gasteiger partial charge in [-0.2, -0.15) is 0 Å². The summed E-state index contributed by atoms with van der Waals surface area (Å²) in [6, 6.07) is 58.1. The Kier molecular flexibility index (Phi) is 6.61. The van der Waals surface area contributed by atoms with E-state index in [0.29, 0.717) is 0 Å². The molecule has 2 atom stereocenters. The quantitative estimate of drug-likeness (QED) is 0.174. The molecule has 1 aliphatic rings. The minimum atomic E-state index is -0.204. The fourth-order valence-corrected chi connectivity index (χ4v) is 8.20. The molecule has 3 N–H and O–H groups in total. The highest BCUT2D eigenvalue weighted by atomic mass is 16.3. The van der Waals surface area contributed by atoms with Gasteiger partial charge in [-0.25, -0.2) is 0 Å². The number of hydrogen-bond acceptors (Lipinski definition) is 5. The van der Waals surface area contributed by atoms with Gasteiger partial charge in [-0.15, -0.1) is 0 Å². The van der Waals surface area contributed by atoms with Crippen molar-refractivity contribution in [2.45, 2.75) is 18.5 Å². The number of furan rings is 2. The highest BCUT2D eigenvalue weighted by molar-refractivity contribution is 6.12. The third kappa shape index (κ3) is 4.75. The molecule has 1 aliphatic heterocycles. The molecule has 0 saturated carbocycles. The van der Waals surface area contributed by atoms with E-state index >= 15 is 0 Å². The third-order valence-corrected chi connectivity index (χ3v) is 10.8. The van der Waals surface area contributed by atoms with Gasteiger partial charge >= 0.3 is 0 Å². The second-order valence-electron chi connectivity index (χ2n) is 13.8. The van der Waals surface area contributed by atoms with E-state index in [0.717, 1.165) is 60.6 Å². The normalized spacial score (nSPS) is 18.0. The van der Waals surface area contributed by atoms with Gasteiger partial charge in [0, 0.05) is 27.1 Å². The molecule has 2 unspecified atom stereocenters. The summed E-state index contributed by atoms with van der Waals surface area (Å²) in [6.07, 6.45) is -0.462. The summed E-state index contributed by atoms with van der Waals surface area (Å²) in [4.78, 5) is 0. The van der Waals surface area contributed by atoms with Crippen molar-refractivity contribution in [2.75, 3.05) is 0 Å². The molecule has 5 heteroatoms. The lowest BCUT2D eigenvalue weighted by Gasteiger charge is -2.40. The van der Waals surface area contributed by atoms with Crippen LogP contribution < -0.4 is 16.0 Å². The van der Waals surface area contributed by atoms with Gasteiger partial charge in [0.15, 0.2) is 0 Å². The van der Waals surface area contributed by atoms with Crippen molar-refractivity contribution < 1.29 is 8.83 Å². The maximum atomic E-state index is 6.76. The van der Waals surface area contributed by atoms with E-state index in [1.807, 2.05) is 18.2 Å². The standard InChI is InChI=1S/C47H33N3O2/c1-3-11-30-25-33(19-17-28(30)9-1)45-48-46(34-20-18-29-10-2-4-12-31(29)26-34)50-47(49-45)39-24-23-35(44-43(39)38-14-6-8-16-41(38)52-44)32-21-22-37-36-13-5-7-15-40(36)51-42(37)27-32/h1-27,45-50H. The van der Waals surface area contributed by atoms with Crippen LogP contribution in [0.2, 0.25) is 0 Å². The van der Waals surface area contributed by atoms with Gasteiger partial charge < -0.3 is 8.83 Å². The number of nitrogens with one attached hydrogen (secondary N) is 3. The highest BCUT2D eigenvalue weighted by Gasteiger charge is 2.32. The van der Waals surface area contributed by atoms with Gasteiger partial charge in [-0.1, -0.05) is 127 Å². The van der Waals surface area contributed by atoms with Crippen molar-refractivity contribution in [3.05, 3.63) is 180 Å². The first kappa shape index (κ1) is 29.5. The van der Waals surface area contributed by atoms with E-state index in [1.54, 1.807) is 0 Å². The van der Waals surface area contributed by atoms with Crippen LogP contribution in [0.25, 0.3) is 76.5 Å². The summed E-state index contributed by atoms with van der Waals surface area (Å²) in [6.45, 7) is 0. The zero-order valence-corrected chi connectivity index (χ0v) is 28.1. The Morgan fingerprint density at radius 3 is 1.63 bits per heavy atom. The molecule has 10 aromatic rings. The molecule has 1 saturated heterocycles. The summed E-state index contributed by atoms with van der Waals surface area (Å²) >= 11 is 0. The summed E-state index contributed by atoms with van der Waals surface area (Å²) in [5.74, 6) is 0. The summed E-state index contributed by atoms with van der Waals surface area (Å²) in [5, 5.41) is 21.1. The Morgan fingerprint density at radius 1 is 0.385 bits per heavy atom. The number of fused-ring (bicyclic) bond motifs is 8. The predicted octanol–water partition coefficient (Wildman–Crippen LogP) is 11.6. The molecule has 3 heterocycles. The number of rotatable bonds is 4. The second-order valence-corrected chi connectivity index (χ2v) is 13.8. The predicted molar refractivity (Wildman–Crippen MR) is 212 cm³/mol. The van der Waals surface area contributed by atoms with Gasteiger partial charge in [0.2, 0.25) is 0 Å². The van der Waals surface area contributed by atoms with Crippen LogP contribution in [-0.2, 0) is 0 Å². The minimum absolute atomic E-state index is 0.129. The monoisotopic (exact) mass is 671 g/mol. The molecule has 11 rings (SSSR count). The Morgan fingerprint density at radius 2 is 0.942 bits per heavy atom. The molecule has 0 spiro atoms. The highest BCUT2D eigenvalue weighted by Crippen LogP contribution is 2.42. The van der Waals surface area contributed by atoms with Crippen LogP contribution in [0.4, 0.5) is 0 Å². The Balaban J connectivity index is 1.07. The average Bonchev–Trinajstić information content (AvgIpc) is 3.78. The molecule has 1 fully saturated rings. The van der Waals surface area contributed by atoms with E-state index in [4.69, 9.17) is 8.83 Å². The number of hydrogen-bond donors (Lipinski definition) is 3. The SMILES string of the molecule is c1ccc2cc(C3NC(c4ccc5ccccc5c4)NC(c4ccc(-c5ccc6c(c5)oc5ccccc56)c5oc6ccccc6c45)N3)ccc2c1. The molecule has 8 aromatic carbocycles. The fourth-order valence-electron chi connectivity index (χ4n) is 8.20.